The minimum atomic E-state index is -0.356. The Bertz CT molecular complexity index is 1270. The van der Waals surface area contributed by atoms with Gasteiger partial charge in [-0.25, -0.2) is 4.79 Å². The van der Waals surface area contributed by atoms with Crippen molar-refractivity contribution in [3.8, 4) is 0 Å². The summed E-state index contributed by atoms with van der Waals surface area (Å²) in [6.45, 7) is 6.53. The van der Waals surface area contributed by atoms with Crippen LogP contribution in [-0.2, 0) is 11.2 Å². The van der Waals surface area contributed by atoms with Crippen molar-refractivity contribution in [3.05, 3.63) is 78.5 Å². The first-order valence-corrected chi connectivity index (χ1v) is 13.2. The standard InChI is InChI=1S/C30H37N5O2/c1-4-14-34-20-22(17-25-24-12-8-13-26-28(24)21(19-31-26)18-27(25)34)29(36)35(16-9-15-33(2)3)30(37)32-23-10-6-5-7-11-23/h4-8,10-13,19,22,25,27,31H,1,9,14-18,20H2,2-3H3,(H,32,37)/t22-,25-,27-/m1/s1. The van der Waals surface area contributed by atoms with Gasteiger partial charge in [0.05, 0.1) is 5.92 Å². The van der Waals surface area contributed by atoms with Crippen LogP contribution in [0.15, 0.2) is 67.4 Å². The highest BCUT2D eigenvalue weighted by Gasteiger charge is 2.44. The van der Waals surface area contributed by atoms with Crippen LogP contribution in [0.4, 0.5) is 10.5 Å². The third-order valence-corrected chi connectivity index (χ3v) is 7.81. The smallest absolute Gasteiger partial charge is 0.328 e. The summed E-state index contributed by atoms with van der Waals surface area (Å²) in [6.07, 6.45) is 6.48. The molecule has 2 aliphatic rings. The number of urea groups is 1. The maximum absolute atomic E-state index is 14.1. The number of aromatic nitrogens is 1. The van der Waals surface area contributed by atoms with E-state index in [2.05, 4.69) is 51.1 Å². The summed E-state index contributed by atoms with van der Waals surface area (Å²) in [5.41, 5.74) is 4.50. The van der Waals surface area contributed by atoms with Crippen LogP contribution in [0.25, 0.3) is 10.9 Å². The number of imide groups is 1. The summed E-state index contributed by atoms with van der Waals surface area (Å²) in [4.78, 5) is 36.8. The van der Waals surface area contributed by atoms with E-state index in [1.54, 1.807) is 0 Å². The van der Waals surface area contributed by atoms with Crippen LogP contribution >= 0.6 is 0 Å². The number of likely N-dealkylation sites (tertiary alicyclic amines) is 1. The van der Waals surface area contributed by atoms with Crippen molar-refractivity contribution < 1.29 is 9.59 Å². The van der Waals surface area contributed by atoms with Gasteiger partial charge in [0.15, 0.2) is 0 Å². The topological polar surface area (TPSA) is 71.7 Å². The lowest BCUT2D eigenvalue weighted by molar-refractivity contribution is -0.135. The first kappa shape index (κ1) is 25.2. The van der Waals surface area contributed by atoms with Gasteiger partial charge in [0.25, 0.3) is 0 Å². The number of aromatic amines is 1. The van der Waals surface area contributed by atoms with Crippen LogP contribution in [0.3, 0.4) is 0 Å². The number of para-hydroxylation sites is 1. The van der Waals surface area contributed by atoms with Crippen molar-refractivity contribution in [2.45, 2.75) is 31.2 Å². The van der Waals surface area contributed by atoms with Crippen LogP contribution in [0.5, 0.6) is 0 Å². The van der Waals surface area contributed by atoms with E-state index in [1.807, 2.05) is 50.5 Å². The number of benzene rings is 2. The van der Waals surface area contributed by atoms with Gasteiger partial charge >= 0.3 is 6.03 Å². The summed E-state index contributed by atoms with van der Waals surface area (Å²) < 4.78 is 0. The molecule has 0 radical (unpaired) electrons. The highest BCUT2D eigenvalue weighted by Crippen LogP contribution is 2.45. The van der Waals surface area contributed by atoms with Crippen molar-refractivity contribution >= 4 is 28.5 Å². The fraction of sp³-hybridized carbons (Fsp3) is 0.400. The number of piperidine rings is 1. The lowest BCUT2D eigenvalue weighted by Gasteiger charge is -2.47. The number of fused-ring (bicyclic) bond motifs is 2. The predicted octanol–water partition coefficient (Wildman–Crippen LogP) is 4.70. The SMILES string of the molecule is C=CCN1C[C@H](C(=O)N(CCCN(C)C)C(=O)Nc2ccccc2)C[C@@H]2c3cccc4[nH]cc(c34)C[C@H]21. The van der Waals surface area contributed by atoms with E-state index in [-0.39, 0.29) is 23.8 Å². The molecule has 1 aliphatic heterocycles. The van der Waals surface area contributed by atoms with E-state index in [1.165, 1.54) is 21.4 Å². The maximum atomic E-state index is 14.1. The van der Waals surface area contributed by atoms with E-state index in [9.17, 15) is 9.59 Å². The number of anilines is 1. The molecule has 2 heterocycles. The lowest BCUT2D eigenvalue weighted by atomic mass is 9.72. The Hall–Kier alpha value is -3.42. The number of rotatable bonds is 8. The molecule has 7 heteroatoms. The highest BCUT2D eigenvalue weighted by atomic mass is 16.2. The fourth-order valence-electron chi connectivity index (χ4n) is 6.14. The fourth-order valence-corrected chi connectivity index (χ4v) is 6.14. The molecule has 5 rings (SSSR count). The summed E-state index contributed by atoms with van der Waals surface area (Å²) in [6, 6.07) is 15.7. The number of carbonyl (C=O) groups excluding carboxylic acids is 2. The first-order valence-electron chi connectivity index (χ1n) is 13.2. The molecule has 0 bridgehead atoms. The van der Waals surface area contributed by atoms with E-state index < -0.39 is 0 Å². The van der Waals surface area contributed by atoms with Gasteiger partial charge in [-0.3, -0.25) is 14.6 Å². The highest BCUT2D eigenvalue weighted by molar-refractivity contribution is 6.02. The van der Waals surface area contributed by atoms with Gasteiger partial charge < -0.3 is 15.2 Å². The molecule has 1 aromatic heterocycles. The predicted molar refractivity (Wildman–Crippen MR) is 149 cm³/mol. The first-order chi connectivity index (χ1) is 18.0. The third kappa shape index (κ3) is 5.20. The van der Waals surface area contributed by atoms with Crippen molar-refractivity contribution in [2.24, 2.45) is 5.92 Å². The summed E-state index contributed by atoms with van der Waals surface area (Å²) >= 11 is 0. The van der Waals surface area contributed by atoms with Crippen LogP contribution in [0.1, 0.15) is 29.9 Å². The van der Waals surface area contributed by atoms with Crippen molar-refractivity contribution in [2.75, 3.05) is 45.6 Å². The monoisotopic (exact) mass is 499 g/mol. The van der Waals surface area contributed by atoms with Gasteiger partial charge in [-0.2, -0.15) is 0 Å². The van der Waals surface area contributed by atoms with E-state index in [0.717, 1.165) is 37.9 Å². The van der Waals surface area contributed by atoms with Gasteiger partial charge in [-0.15, -0.1) is 6.58 Å². The Morgan fingerprint density at radius 2 is 1.95 bits per heavy atom. The molecular weight excluding hydrogens is 462 g/mol. The number of H-pyrrole nitrogens is 1. The molecule has 0 saturated carbocycles. The zero-order valence-corrected chi connectivity index (χ0v) is 21.8. The van der Waals surface area contributed by atoms with Crippen molar-refractivity contribution in [1.29, 1.82) is 0 Å². The van der Waals surface area contributed by atoms with Gasteiger partial charge in [0, 0.05) is 54.4 Å². The molecule has 3 aromatic rings. The van der Waals surface area contributed by atoms with Crippen LogP contribution in [-0.4, -0.2) is 77.9 Å². The quantitative estimate of drug-likeness (QED) is 0.441. The molecule has 3 atom stereocenters. The number of hydrogen-bond donors (Lipinski definition) is 2. The lowest BCUT2D eigenvalue weighted by Crippen LogP contribution is -2.54. The Kier molecular flexibility index (Phi) is 7.44. The Morgan fingerprint density at radius 3 is 2.70 bits per heavy atom. The summed E-state index contributed by atoms with van der Waals surface area (Å²) in [5.74, 6) is -0.125. The molecular formula is C30H37N5O2. The van der Waals surface area contributed by atoms with Crippen LogP contribution < -0.4 is 5.32 Å². The molecule has 194 valence electrons. The van der Waals surface area contributed by atoms with Gasteiger partial charge in [0.1, 0.15) is 0 Å². The van der Waals surface area contributed by atoms with E-state index >= 15 is 0 Å². The van der Waals surface area contributed by atoms with Crippen LogP contribution in [0, 0.1) is 5.92 Å². The minimum absolute atomic E-state index is 0.0910. The maximum Gasteiger partial charge on any atom is 0.328 e. The summed E-state index contributed by atoms with van der Waals surface area (Å²) in [5, 5.41) is 4.24. The zero-order valence-electron chi connectivity index (χ0n) is 21.8. The number of nitrogens with zero attached hydrogens (tertiary/aromatic N) is 3. The summed E-state index contributed by atoms with van der Waals surface area (Å²) in [7, 11) is 4.01. The molecule has 1 aliphatic carbocycles. The number of amides is 3. The largest absolute Gasteiger partial charge is 0.361 e. The molecule has 3 amide bonds. The molecule has 0 unspecified atom stereocenters. The second-order valence-corrected chi connectivity index (χ2v) is 10.6. The van der Waals surface area contributed by atoms with Crippen molar-refractivity contribution in [1.82, 2.24) is 19.7 Å². The normalized spacial score (nSPS) is 21.0. The minimum Gasteiger partial charge on any atom is -0.361 e. The molecule has 2 aromatic carbocycles. The molecule has 1 saturated heterocycles. The molecule has 0 spiro atoms. The Balaban J connectivity index is 1.42. The second kappa shape index (κ2) is 10.9. The number of hydrogen-bond acceptors (Lipinski definition) is 4. The third-order valence-electron chi connectivity index (χ3n) is 7.81. The average molecular weight is 500 g/mol. The number of carbonyl (C=O) groups is 2. The van der Waals surface area contributed by atoms with Crippen molar-refractivity contribution in [3.63, 3.8) is 0 Å². The van der Waals surface area contributed by atoms with Gasteiger partial charge in [-0.1, -0.05) is 36.4 Å². The Labute approximate surface area is 219 Å². The van der Waals surface area contributed by atoms with E-state index in [0.29, 0.717) is 24.8 Å². The Morgan fingerprint density at radius 1 is 1.14 bits per heavy atom. The molecule has 37 heavy (non-hydrogen) atoms. The van der Waals surface area contributed by atoms with Gasteiger partial charge in [0.2, 0.25) is 5.91 Å². The average Bonchev–Trinajstić information content (AvgIpc) is 3.31. The van der Waals surface area contributed by atoms with Gasteiger partial charge in [-0.05, 0) is 69.2 Å². The van der Waals surface area contributed by atoms with E-state index in [4.69, 9.17) is 0 Å². The molecule has 7 nitrogen and oxygen atoms in total. The molecule has 2 N–H and O–H groups in total. The second-order valence-electron chi connectivity index (χ2n) is 10.6. The van der Waals surface area contributed by atoms with Crippen LogP contribution in [0.2, 0.25) is 0 Å². The zero-order chi connectivity index (χ0) is 25.9. The molecule has 1 fully saturated rings. The number of nitrogens with one attached hydrogen (secondary N) is 2.